The predicted molar refractivity (Wildman–Crippen MR) is 94.2 cm³/mol. The molecule has 2 aromatic heterocycles. The monoisotopic (exact) mass is 389 g/mol. The summed E-state index contributed by atoms with van der Waals surface area (Å²) in [6.45, 7) is 1.62. The summed E-state index contributed by atoms with van der Waals surface area (Å²) in [5.74, 6) is 1.36. The van der Waals surface area contributed by atoms with Crippen molar-refractivity contribution in [2.75, 3.05) is 11.4 Å². The van der Waals surface area contributed by atoms with E-state index >= 15 is 0 Å². The molecule has 0 saturated heterocycles. The minimum atomic E-state index is -0.216. The van der Waals surface area contributed by atoms with Gasteiger partial charge in [0.1, 0.15) is 22.6 Å². The number of benzene rings is 1. The van der Waals surface area contributed by atoms with E-state index in [4.69, 9.17) is 0 Å². The van der Waals surface area contributed by atoms with Crippen LogP contribution in [-0.2, 0) is 13.6 Å². The average Bonchev–Trinajstić information content (AvgIpc) is 3.34. The van der Waals surface area contributed by atoms with E-state index in [1.54, 1.807) is 11.0 Å². The summed E-state index contributed by atoms with van der Waals surface area (Å²) in [5, 5.41) is 5.32. The Balaban J connectivity index is 1.74. The van der Waals surface area contributed by atoms with Crippen molar-refractivity contribution in [3.63, 3.8) is 0 Å². The Morgan fingerprint density at radius 1 is 1.25 bits per heavy atom. The molecule has 0 spiro atoms. The van der Waals surface area contributed by atoms with Crippen LogP contribution >= 0.6 is 15.9 Å². The molecule has 24 heavy (non-hydrogen) atoms. The third-order valence-electron chi connectivity index (χ3n) is 4.32. The molecule has 0 atom stereocenters. The Bertz CT molecular complexity index is 873. The number of halogens is 2. The van der Waals surface area contributed by atoms with Crippen molar-refractivity contribution in [2.45, 2.75) is 19.4 Å². The third kappa shape index (κ3) is 3.00. The highest BCUT2D eigenvalue weighted by atomic mass is 79.9. The van der Waals surface area contributed by atoms with Crippen LogP contribution in [0.3, 0.4) is 0 Å². The van der Waals surface area contributed by atoms with Gasteiger partial charge in [0.05, 0.1) is 5.39 Å². The van der Waals surface area contributed by atoms with Crippen LogP contribution in [0.2, 0.25) is 0 Å². The van der Waals surface area contributed by atoms with Gasteiger partial charge in [0.15, 0.2) is 5.65 Å². The van der Waals surface area contributed by atoms with Crippen molar-refractivity contribution in [3.05, 3.63) is 46.6 Å². The molecule has 1 aliphatic rings. The molecular weight excluding hydrogens is 373 g/mol. The highest BCUT2D eigenvalue weighted by Gasteiger charge is 2.27. The number of anilines is 1. The molecule has 0 unspecified atom stereocenters. The van der Waals surface area contributed by atoms with Crippen molar-refractivity contribution in [3.8, 4) is 0 Å². The Hall–Kier alpha value is -2.02. The zero-order valence-electron chi connectivity index (χ0n) is 13.3. The lowest BCUT2D eigenvalue weighted by Gasteiger charge is -2.24. The van der Waals surface area contributed by atoms with Gasteiger partial charge in [-0.05, 0) is 52.4 Å². The summed E-state index contributed by atoms with van der Waals surface area (Å²) in [5.41, 5.74) is 1.86. The first kappa shape index (κ1) is 15.5. The smallest absolute Gasteiger partial charge is 0.164 e. The van der Waals surface area contributed by atoms with Gasteiger partial charge >= 0.3 is 0 Å². The van der Waals surface area contributed by atoms with Crippen LogP contribution in [0.15, 0.2) is 35.2 Å². The second-order valence-electron chi connectivity index (χ2n) is 6.26. The van der Waals surface area contributed by atoms with Crippen molar-refractivity contribution in [1.29, 1.82) is 0 Å². The van der Waals surface area contributed by atoms with Gasteiger partial charge in [-0.25, -0.2) is 19.0 Å². The lowest BCUT2D eigenvalue weighted by Crippen LogP contribution is -2.26. The van der Waals surface area contributed by atoms with Crippen LogP contribution < -0.4 is 4.90 Å². The van der Waals surface area contributed by atoms with Gasteiger partial charge in [0.2, 0.25) is 0 Å². The maximum atomic E-state index is 13.2. The fourth-order valence-electron chi connectivity index (χ4n) is 2.91. The van der Waals surface area contributed by atoms with Crippen molar-refractivity contribution in [1.82, 2.24) is 19.7 Å². The Morgan fingerprint density at radius 2 is 2.00 bits per heavy atom. The zero-order chi connectivity index (χ0) is 16.7. The second kappa shape index (κ2) is 6.12. The third-order valence-corrected chi connectivity index (χ3v) is 4.87. The van der Waals surface area contributed by atoms with E-state index in [2.05, 4.69) is 35.9 Å². The molecule has 1 aromatic carbocycles. The van der Waals surface area contributed by atoms with E-state index in [0.29, 0.717) is 12.5 Å². The second-order valence-corrected chi connectivity index (χ2v) is 7.01. The van der Waals surface area contributed by atoms with E-state index in [9.17, 15) is 4.39 Å². The maximum absolute atomic E-state index is 13.2. The molecule has 0 amide bonds. The quantitative estimate of drug-likeness (QED) is 0.667. The minimum absolute atomic E-state index is 0.216. The molecule has 4 rings (SSSR count). The largest absolute Gasteiger partial charge is 0.351 e. The Morgan fingerprint density at radius 3 is 2.71 bits per heavy atom. The number of nitrogens with zero attached hydrogens (tertiary/aromatic N) is 5. The molecule has 1 fully saturated rings. The zero-order valence-corrected chi connectivity index (χ0v) is 14.9. The highest BCUT2D eigenvalue weighted by molar-refractivity contribution is 9.10. The lowest BCUT2D eigenvalue weighted by molar-refractivity contribution is 0.626. The Kier molecular flexibility index (Phi) is 3.96. The van der Waals surface area contributed by atoms with Crippen LogP contribution in [-0.4, -0.2) is 26.3 Å². The fourth-order valence-corrected chi connectivity index (χ4v) is 3.51. The SMILES string of the molecule is Cn1nc(Br)c2c(N(Cc3ccc(F)cc3)CC3CC3)ncnc21. The number of rotatable bonds is 5. The normalized spacial score (nSPS) is 14.3. The number of hydrogen-bond acceptors (Lipinski definition) is 4. The van der Waals surface area contributed by atoms with Crippen molar-refractivity contribution in [2.24, 2.45) is 13.0 Å². The van der Waals surface area contributed by atoms with Crippen molar-refractivity contribution >= 4 is 32.8 Å². The van der Waals surface area contributed by atoms with Crippen LogP contribution in [0.5, 0.6) is 0 Å². The number of aryl methyl sites for hydroxylation is 1. The van der Waals surface area contributed by atoms with E-state index in [1.165, 1.54) is 25.0 Å². The Labute approximate surface area is 147 Å². The summed E-state index contributed by atoms with van der Waals surface area (Å²) >= 11 is 3.53. The first-order chi connectivity index (χ1) is 11.6. The summed E-state index contributed by atoms with van der Waals surface area (Å²) in [6.07, 6.45) is 4.08. The van der Waals surface area contributed by atoms with Gasteiger partial charge in [0, 0.05) is 20.1 Å². The van der Waals surface area contributed by atoms with Gasteiger partial charge in [0.25, 0.3) is 0 Å². The van der Waals surface area contributed by atoms with Gasteiger partial charge in [-0.1, -0.05) is 12.1 Å². The molecule has 0 aliphatic heterocycles. The molecule has 0 N–H and O–H groups in total. The molecule has 0 radical (unpaired) electrons. The summed E-state index contributed by atoms with van der Waals surface area (Å²) in [7, 11) is 1.87. The van der Waals surface area contributed by atoms with E-state index in [-0.39, 0.29) is 5.82 Å². The lowest BCUT2D eigenvalue weighted by atomic mass is 10.2. The standard InChI is InChI=1S/C17H17BrFN5/c1-23-16-14(15(18)22-23)17(21-10-20-16)24(8-11-2-3-11)9-12-4-6-13(19)7-5-12/h4-7,10-11H,2-3,8-9H2,1H3. The van der Waals surface area contributed by atoms with Crippen LogP contribution in [0.1, 0.15) is 18.4 Å². The van der Waals surface area contributed by atoms with Gasteiger partial charge in [-0.3, -0.25) is 0 Å². The van der Waals surface area contributed by atoms with Crippen LogP contribution in [0, 0.1) is 11.7 Å². The van der Waals surface area contributed by atoms with E-state index in [0.717, 1.165) is 33.6 Å². The molecule has 5 nitrogen and oxygen atoms in total. The van der Waals surface area contributed by atoms with E-state index < -0.39 is 0 Å². The maximum Gasteiger partial charge on any atom is 0.164 e. The number of hydrogen-bond donors (Lipinski definition) is 0. The highest BCUT2D eigenvalue weighted by Crippen LogP contribution is 2.35. The van der Waals surface area contributed by atoms with Gasteiger partial charge in [-0.2, -0.15) is 5.10 Å². The number of fused-ring (bicyclic) bond motifs is 1. The molecule has 124 valence electrons. The minimum Gasteiger partial charge on any atom is -0.351 e. The van der Waals surface area contributed by atoms with Crippen molar-refractivity contribution < 1.29 is 4.39 Å². The molecule has 0 bridgehead atoms. The van der Waals surface area contributed by atoms with E-state index in [1.807, 2.05) is 19.2 Å². The molecule has 2 heterocycles. The molecular formula is C17H17BrFN5. The van der Waals surface area contributed by atoms with Gasteiger partial charge < -0.3 is 4.90 Å². The first-order valence-electron chi connectivity index (χ1n) is 7.94. The first-order valence-corrected chi connectivity index (χ1v) is 8.73. The molecule has 1 aliphatic carbocycles. The topological polar surface area (TPSA) is 46.8 Å². The van der Waals surface area contributed by atoms with Crippen LogP contribution in [0.25, 0.3) is 11.0 Å². The van der Waals surface area contributed by atoms with Gasteiger partial charge in [-0.15, -0.1) is 0 Å². The molecule has 1 saturated carbocycles. The number of aromatic nitrogens is 4. The fraction of sp³-hybridized carbons (Fsp3) is 0.353. The summed E-state index contributed by atoms with van der Waals surface area (Å²) in [4.78, 5) is 11.1. The summed E-state index contributed by atoms with van der Waals surface area (Å²) < 4.78 is 15.7. The average molecular weight is 390 g/mol. The molecule has 3 aromatic rings. The van der Waals surface area contributed by atoms with Crippen LogP contribution in [0.4, 0.5) is 10.2 Å². The summed E-state index contributed by atoms with van der Waals surface area (Å²) in [6, 6.07) is 6.65. The molecule has 7 heteroatoms. The predicted octanol–water partition coefficient (Wildman–Crippen LogP) is 3.68.